The van der Waals surface area contributed by atoms with Gasteiger partial charge < -0.3 is 10.1 Å². The first-order valence-corrected chi connectivity index (χ1v) is 12.5. The highest BCUT2D eigenvalue weighted by atomic mass is 32.2. The molecule has 1 aromatic heterocycles. The molecule has 1 atom stereocenters. The van der Waals surface area contributed by atoms with Gasteiger partial charge in [0, 0.05) is 16.1 Å². The normalized spacial score (nSPS) is 15.4. The third-order valence-corrected chi connectivity index (χ3v) is 7.27. The van der Waals surface area contributed by atoms with E-state index in [9.17, 15) is 18.0 Å². The van der Waals surface area contributed by atoms with E-state index in [4.69, 9.17) is 9.88 Å². The van der Waals surface area contributed by atoms with Crippen LogP contribution >= 0.6 is 11.3 Å². The number of ether oxygens (including phenoxy) is 1. The minimum Gasteiger partial charge on any atom is -0.497 e. The Morgan fingerprint density at radius 3 is 2.42 bits per heavy atom. The fourth-order valence-corrected chi connectivity index (χ4v) is 5.17. The highest BCUT2D eigenvalue weighted by Gasteiger charge is 2.30. The highest BCUT2D eigenvalue weighted by molar-refractivity contribution is 7.89. The molecule has 0 radical (unpaired) electrons. The number of amides is 2. The van der Waals surface area contributed by atoms with Gasteiger partial charge in [0.15, 0.2) is 5.13 Å². The second-order valence-electron chi connectivity index (χ2n) is 7.51. The van der Waals surface area contributed by atoms with Gasteiger partial charge in [0.2, 0.25) is 15.9 Å². The molecule has 1 aliphatic rings. The second kappa shape index (κ2) is 9.30. The Kier molecular flexibility index (Phi) is 6.45. The van der Waals surface area contributed by atoms with E-state index in [2.05, 4.69) is 15.6 Å². The molecule has 1 heterocycles. The molecule has 0 fully saturated rings. The van der Waals surface area contributed by atoms with E-state index in [0.29, 0.717) is 34.2 Å². The van der Waals surface area contributed by atoms with Crippen LogP contribution in [-0.4, -0.2) is 32.3 Å². The van der Waals surface area contributed by atoms with Gasteiger partial charge in [-0.3, -0.25) is 14.9 Å². The second-order valence-corrected chi connectivity index (χ2v) is 10.2. The summed E-state index contributed by atoms with van der Waals surface area (Å²) in [6, 6.07) is 12.4. The summed E-state index contributed by atoms with van der Waals surface area (Å²) in [5.74, 6) is -0.337. The van der Waals surface area contributed by atoms with Crippen LogP contribution in [0.3, 0.4) is 0 Å². The van der Waals surface area contributed by atoms with Crippen LogP contribution in [0.2, 0.25) is 0 Å². The van der Waals surface area contributed by atoms with E-state index in [-0.39, 0.29) is 16.7 Å². The lowest BCUT2D eigenvalue weighted by Gasteiger charge is -2.20. The number of thiazole rings is 1. The SMILES string of the molecule is COc1ccc(C(=O)Nc2nc3c(s2)CCCC3C(=O)Nc2ccc(S(N)(=O)=O)cc2)cc1. The summed E-state index contributed by atoms with van der Waals surface area (Å²) >= 11 is 1.37. The summed E-state index contributed by atoms with van der Waals surface area (Å²) < 4.78 is 27.9. The number of aryl methyl sites for hydroxylation is 1. The molecule has 172 valence electrons. The Hall–Kier alpha value is -3.28. The third kappa shape index (κ3) is 5.21. The molecule has 0 spiro atoms. The van der Waals surface area contributed by atoms with Gasteiger partial charge >= 0.3 is 0 Å². The standard InChI is InChI=1S/C22H22N4O5S2/c1-31-15-9-5-13(6-10-15)20(27)26-22-25-19-17(3-2-4-18(19)32-22)21(28)24-14-7-11-16(12-8-14)33(23,29)30/h5-12,17H,2-4H2,1H3,(H,24,28)(H2,23,29,30)(H,25,26,27). The van der Waals surface area contributed by atoms with E-state index < -0.39 is 15.9 Å². The van der Waals surface area contributed by atoms with Crippen LogP contribution in [0, 0.1) is 0 Å². The predicted molar refractivity (Wildman–Crippen MR) is 125 cm³/mol. The first-order valence-electron chi connectivity index (χ1n) is 10.1. The molecule has 4 N–H and O–H groups in total. The summed E-state index contributed by atoms with van der Waals surface area (Å²) in [6.45, 7) is 0. The van der Waals surface area contributed by atoms with Crippen LogP contribution in [0.15, 0.2) is 53.4 Å². The number of methoxy groups -OCH3 is 1. The van der Waals surface area contributed by atoms with Crippen molar-refractivity contribution in [3.8, 4) is 5.75 Å². The van der Waals surface area contributed by atoms with Crippen LogP contribution in [-0.2, 0) is 21.2 Å². The topological polar surface area (TPSA) is 140 Å². The first kappa shape index (κ1) is 22.9. The molecule has 0 saturated carbocycles. The zero-order valence-corrected chi connectivity index (χ0v) is 19.3. The van der Waals surface area contributed by atoms with E-state index in [1.165, 1.54) is 35.6 Å². The van der Waals surface area contributed by atoms with Gasteiger partial charge in [0.1, 0.15) is 5.75 Å². The van der Waals surface area contributed by atoms with Crippen molar-refractivity contribution in [2.24, 2.45) is 5.14 Å². The Balaban J connectivity index is 1.47. The minimum atomic E-state index is -3.80. The van der Waals surface area contributed by atoms with E-state index in [1.807, 2.05) is 0 Å². The predicted octanol–water partition coefficient (Wildman–Crippen LogP) is 3.11. The van der Waals surface area contributed by atoms with Crippen LogP contribution in [0.5, 0.6) is 5.75 Å². The number of sulfonamides is 1. The van der Waals surface area contributed by atoms with E-state index in [0.717, 1.165) is 17.7 Å². The summed E-state index contributed by atoms with van der Waals surface area (Å²) in [7, 11) is -2.24. The Bertz CT molecular complexity index is 1290. The number of aromatic nitrogens is 1. The summed E-state index contributed by atoms with van der Waals surface area (Å²) in [6.07, 6.45) is 2.24. The van der Waals surface area contributed by atoms with Crippen LogP contribution < -0.4 is 20.5 Å². The van der Waals surface area contributed by atoms with Crippen molar-refractivity contribution in [3.63, 3.8) is 0 Å². The van der Waals surface area contributed by atoms with E-state index >= 15 is 0 Å². The van der Waals surface area contributed by atoms with Crippen molar-refractivity contribution in [2.75, 3.05) is 17.7 Å². The Morgan fingerprint density at radius 2 is 1.79 bits per heavy atom. The number of carbonyl (C=O) groups excluding carboxylic acids is 2. The Labute approximate surface area is 195 Å². The summed E-state index contributed by atoms with van der Waals surface area (Å²) in [5.41, 5.74) is 1.60. The van der Waals surface area contributed by atoms with E-state index in [1.54, 1.807) is 31.4 Å². The monoisotopic (exact) mass is 486 g/mol. The molecule has 3 aromatic rings. The molecule has 11 heteroatoms. The number of fused-ring (bicyclic) bond motifs is 1. The first-order chi connectivity index (χ1) is 15.7. The number of anilines is 2. The van der Waals surface area contributed by atoms with Crippen molar-refractivity contribution in [1.29, 1.82) is 0 Å². The lowest BCUT2D eigenvalue weighted by molar-refractivity contribution is -0.117. The fraction of sp³-hybridized carbons (Fsp3) is 0.227. The van der Waals surface area contributed by atoms with Gasteiger partial charge in [0.25, 0.3) is 5.91 Å². The number of rotatable bonds is 6. The molecule has 1 aliphatic carbocycles. The lowest BCUT2D eigenvalue weighted by atomic mass is 9.90. The van der Waals surface area contributed by atoms with Gasteiger partial charge in [-0.2, -0.15) is 0 Å². The van der Waals surface area contributed by atoms with Crippen molar-refractivity contribution in [3.05, 3.63) is 64.7 Å². The number of carbonyl (C=O) groups is 2. The maximum absolute atomic E-state index is 12.9. The van der Waals surface area contributed by atoms with Crippen LogP contribution in [0.4, 0.5) is 10.8 Å². The molecule has 2 amide bonds. The average Bonchev–Trinajstić information content (AvgIpc) is 3.21. The molecule has 1 unspecified atom stereocenters. The number of benzene rings is 2. The molecule has 2 aromatic carbocycles. The smallest absolute Gasteiger partial charge is 0.257 e. The fourth-order valence-electron chi connectivity index (χ4n) is 3.60. The summed E-state index contributed by atoms with van der Waals surface area (Å²) in [4.78, 5) is 31.0. The van der Waals surface area contributed by atoms with Crippen molar-refractivity contribution < 1.29 is 22.7 Å². The zero-order valence-electron chi connectivity index (χ0n) is 17.7. The van der Waals surface area contributed by atoms with Crippen molar-refractivity contribution in [2.45, 2.75) is 30.1 Å². The molecule has 0 bridgehead atoms. The largest absolute Gasteiger partial charge is 0.497 e. The Morgan fingerprint density at radius 1 is 1.09 bits per heavy atom. The van der Waals surface area contributed by atoms with Crippen LogP contribution in [0.25, 0.3) is 0 Å². The number of hydrogen-bond acceptors (Lipinski definition) is 7. The molecular formula is C22H22N4O5S2. The van der Waals surface area contributed by atoms with Crippen molar-refractivity contribution >= 4 is 44.0 Å². The molecular weight excluding hydrogens is 464 g/mol. The van der Waals surface area contributed by atoms with Crippen molar-refractivity contribution in [1.82, 2.24) is 4.98 Å². The number of nitrogens with zero attached hydrogens (tertiary/aromatic N) is 1. The molecule has 4 rings (SSSR count). The minimum absolute atomic E-state index is 0.0304. The molecule has 33 heavy (non-hydrogen) atoms. The number of primary sulfonamides is 1. The molecule has 9 nitrogen and oxygen atoms in total. The molecule has 0 saturated heterocycles. The highest BCUT2D eigenvalue weighted by Crippen LogP contribution is 2.37. The zero-order chi connectivity index (χ0) is 23.6. The lowest BCUT2D eigenvalue weighted by Crippen LogP contribution is -2.24. The molecule has 0 aliphatic heterocycles. The number of hydrogen-bond donors (Lipinski definition) is 3. The third-order valence-electron chi connectivity index (χ3n) is 5.29. The maximum atomic E-state index is 12.9. The quantitative estimate of drug-likeness (QED) is 0.489. The summed E-state index contributed by atoms with van der Waals surface area (Å²) in [5, 5.41) is 11.2. The van der Waals surface area contributed by atoms with Gasteiger partial charge in [-0.15, -0.1) is 11.3 Å². The van der Waals surface area contributed by atoms with Crippen LogP contribution in [0.1, 0.15) is 39.7 Å². The van der Waals surface area contributed by atoms with Gasteiger partial charge in [-0.1, -0.05) is 0 Å². The van der Waals surface area contributed by atoms with Gasteiger partial charge in [-0.05, 0) is 67.8 Å². The number of nitrogens with two attached hydrogens (primary N) is 1. The van der Waals surface area contributed by atoms with Gasteiger partial charge in [-0.25, -0.2) is 18.5 Å². The maximum Gasteiger partial charge on any atom is 0.257 e. The average molecular weight is 487 g/mol. The van der Waals surface area contributed by atoms with Gasteiger partial charge in [0.05, 0.1) is 23.6 Å². The number of nitrogens with one attached hydrogen (secondary N) is 2.